The number of hydrogen-bond donors (Lipinski definition) is 1. The van der Waals surface area contributed by atoms with Gasteiger partial charge in [0.15, 0.2) is 0 Å². The highest BCUT2D eigenvalue weighted by molar-refractivity contribution is 5.20. The van der Waals surface area contributed by atoms with Crippen LogP contribution >= 0.6 is 0 Å². The highest BCUT2D eigenvalue weighted by atomic mass is 16.3. The number of nitriles is 1. The monoisotopic (exact) mass is 125 g/mol. The molecular formula is C7H11NO. The van der Waals surface area contributed by atoms with Gasteiger partial charge in [-0.15, -0.1) is 0 Å². The van der Waals surface area contributed by atoms with Crippen molar-refractivity contribution in [1.29, 1.82) is 5.26 Å². The first-order valence-electron chi connectivity index (χ1n) is 2.86. The predicted octanol–water partition coefficient (Wildman–Crippen LogP) is 1.08. The topological polar surface area (TPSA) is 44.0 Å². The Hall–Kier alpha value is -0.810. The summed E-state index contributed by atoms with van der Waals surface area (Å²) < 4.78 is 0. The Morgan fingerprint density at radius 3 is 2.22 bits per heavy atom. The number of aliphatic hydroxyl groups is 1. The van der Waals surface area contributed by atoms with Crippen LogP contribution in [0.25, 0.3) is 0 Å². The SMILES string of the molecule is C=C(C#N)[C@H](O)C(C)C. The summed E-state index contributed by atoms with van der Waals surface area (Å²) in [6.07, 6.45) is -0.671. The van der Waals surface area contributed by atoms with E-state index in [1.165, 1.54) is 0 Å². The molecule has 0 aliphatic heterocycles. The van der Waals surface area contributed by atoms with Crippen molar-refractivity contribution < 1.29 is 5.11 Å². The Balaban J connectivity index is 3.92. The lowest BCUT2D eigenvalue weighted by Gasteiger charge is -2.10. The quantitative estimate of drug-likeness (QED) is 0.561. The van der Waals surface area contributed by atoms with E-state index in [1.807, 2.05) is 13.8 Å². The highest BCUT2D eigenvalue weighted by Crippen LogP contribution is 2.08. The van der Waals surface area contributed by atoms with E-state index < -0.39 is 6.10 Å². The summed E-state index contributed by atoms with van der Waals surface area (Å²) in [6.45, 7) is 7.06. The molecule has 0 spiro atoms. The van der Waals surface area contributed by atoms with E-state index in [0.717, 1.165) is 0 Å². The molecule has 0 aromatic rings. The first-order valence-corrected chi connectivity index (χ1v) is 2.86. The molecule has 0 aliphatic carbocycles. The van der Waals surface area contributed by atoms with E-state index in [2.05, 4.69) is 6.58 Å². The van der Waals surface area contributed by atoms with Crippen LogP contribution in [-0.2, 0) is 0 Å². The highest BCUT2D eigenvalue weighted by Gasteiger charge is 2.11. The van der Waals surface area contributed by atoms with Crippen molar-refractivity contribution >= 4 is 0 Å². The molecule has 0 amide bonds. The van der Waals surface area contributed by atoms with Crippen molar-refractivity contribution in [1.82, 2.24) is 0 Å². The summed E-state index contributed by atoms with van der Waals surface area (Å²) in [4.78, 5) is 0. The molecule has 0 aromatic carbocycles. The van der Waals surface area contributed by atoms with Crippen molar-refractivity contribution in [2.45, 2.75) is 20.0 Å². The second-order valence-electron chi connectivity index (χ2n) is 2.33. The smallest absolute Gasteiger partial charge is 0.0968 e. The molecule has 1 N–H and O–H groups in total. The summed E-state index contributed by atoms with van der Waals surface area (Å²) in [5.74, 6) is 0.0807. The van der Waals surface area contributed by atoms with Crippen LogP contribution < -0.4 is 0 Å². The van der Waals surface area contributed by atoms with Crippen molar-refractivity contribution in [3.63, 3.8) is 0 Å². The van der Waals surface area contributed by atoms with E-state index in [9.17, 15) is 0 Å². The van der Waals surface area contributed by atoms with Gasteiger partial charge in [0.1, 0.15) is 0 Å². The maximum absolute atomic E-state index is 9.07. The number of rotatable bonds is 2. The molecule has 0 radical (unpaired) electrons. The first kappa shape index (κ1) is 8.19. The first-order chi connectivity index (χ1) is 4.09. The molecule has 0 saturated heterocycles. The Morgan fingerprint density at radius 2 is 2.11 bits per heavy atom. The minimum Gasteiger partial charge on any atom is -0.387 e. The zero-order valence-electron chi connectivity index (χ0n) is 5.76. The lowest BCUT2D eigenvalue weighted by molar-refractivity contribution is 0.165. The second-order valence-corrected chi connectivity index (χ2v) is 2.33. The van der Waals surface area contributed by atoms with E-state index in [1.54, 1.807) is 6.07 Å². The van der Waals surface area contributed by atoms with Crippen molar-refractivity contribution in [3.8, 4) is 6.07 Å². The molecule has 0 bridgehead atoms. The normalized spacial score (nSPS) is 12.8. The fourth-order valence-electron chi connectivity index (χ4n) is 0.469. The molecule has 0 aromatic heterocycles. The summed E-state index contributed by atoms with van der Waals surface area (Å²) >= 11 is 0. The minimum absolute atomic E-state index is 0.0807. The molecule has 2 nitrogen and oxygen atoms in total. The third-order valence-electron chi connectivity index (χ3n) is 1.13. The van der Waals surface area contributed by atoms with Crippen LogP contribution in [0.15, 0.2) is 12.2 Å². The predicted molar refractivity (Wildman–Crippen MR) is 35.6 cm³/mol. The van der Waals surface area contributed by atoms with Crippen LogP contribution in [0.5, 0.6) is 0 Å². The summed E-state index contributed by atoms with van der Waals surface area (Å²) in [5, 5.41) is 17.3. The summed E-state index contributed by atoms with van der Waals surface area (Å²) in [6, 6.07) is 1.80. The molecule has 50 valence electrons. The third kappa shape index (κ3) is 2.29. The molecule has 0 saturated carbocycles. The summed E-state index contributed by atoms with van der Waals surface area (Å²) in [7, 11) is 0. The van der Waals surface area contributed by atoms with Gasteiger partial charge in [0, 0.05) is 0 Å². The lowest BCUT2D eigenvalue weighted by Crippen LogP contribution is -2.15. The Bertz CT molecular complexity index is 143. The zero-order valence-corrected chi connectivity index (χ0v) is 5.76. The van der Waals surface area contributed by atoms with Crippen LogP contribution in [0.4, 0.5) is 0 Å². The molecule has 2 heteroatoms. The van der Waals surface area contributed by atoms with Crippen molar-refractivity contribution in [2.75, 3.05) is 0 Å². The van der Waals surface area contributed by atoms with E-state index >= 15 is 0 Å². The molecule has 1 atom stereocenters. The average molecular weight is 125 g/mol. The summed E-state index contributed by atoms with van der Waals surface area (Å²) in [5.41, 5.74) is 0.241. The molecule has 9 heavy (non-hydrogen) atoms. The minimum atomic E-state index is -0.671. The number of aliphatic hydroxyl groups excluding tert-OH is 1. The van der Waals surface area contributed by atoms with Gasteiger partial charge < -0.3 is 5.11 Å². The van der Waals surface area contributed by atoms with Gasteiger partial charge in [-0.1, -0.05) is 20.4 Å². The Labute approximate surface area is 55.4 Å². The largest absolute Gasteiger partial charge is 0.387 e. The van der Waals surface area contributed by atoms with Crippen LogP contribution in [0.3, 0.4) is 0 Å². The standard InChI is InChI=1S/C7H11NO/c1-5(2)7(9)6(3)4-8/h5,7,9H,3H2,1-2H3/t7-/m1/s1. The van der Waals surface area contributed by atoms with Crippen LogP contribution in [0.2, 0.25) is 0 Å². The maximum Gasteiger partial charge on any atom is 0.0968 e. The van der Waals surface area contributed by atoms with Gasteiger partial charge >= 0.3 is 0 Å². The Morgan fingerprint density at radius 1 is 1.67 bits per heavy atom. The maximum atomic E-state index is 9.07. The van der Waals surface area contributed by atoms with E-state index in [0.29, 0.717) is 0 Å². The van der Waals surface area contributed by atoms with Gasteiger partial charge in [-0.25, -0.2) is 0 Å². The van der Waals surface area contributed by atoms with Gasteiger partial charge in [0.05, 0.1) is 17.7 Å². The van der Waals surface area contributed by atoms with Crippen molar-refractivity contribution in [3.05, 3.63) is 12.2 Å². The van der Waals surface area contributed by atoms with E-state index in [4.69, 9.17) is 10.4 Å². The fraction of sp³-hybridized carbons (Fsp3) is 0.571. The lowest BCUT2D eigenvalue weighted by atomic mass is 10.0. The van der Waals surface area contributed by atoms with Gasteiger partial charge in [-0.3, -0.25) is 0 Å². The van der Waals surface area contributed by atoms with Crippen LogP contribution in [0.1, 0.15) is 13.8 Å². The molecular weight excluding hydrogens is 114 g/mol. The third-order valence-corrected chi connectivity index (χ3v) is 1.13. The molecule has 0 unspecified atom stereocenters. The Kier molecular flexibility index (Phi) is 2.97. The zero-order chi connectivity index (χ0) is 7.44. The molecule has 0 rings (SSSR count). The number of hydrogen-bond acceptors (Lipinski definition) is 2. The second kappa shape index (κ2) is 3.26. The van der Waals surface area contributed by atoms with E-state index in [-0.39, 0.29) is 11.5 Å². The molecule has 0 fully saturated rings. The average Bonchev–Trinajstić information content (AvgIpc) is 1.84. The van der Waals surface area contributed by atoms with Gasteiger partial charge in [-0.05, 0) is 5.92 Å². The fourth-order valence-corrected chi connectivity index (χ4v) is 0.469. The van der Waals surface area contributed by atoms with Crippen molar-refractivity contribution in [2.24, 2.45) is 5.92 Å². The van der Waals surface area contributed by atoms with Gasteiger partial charge in [0.25, 0.3) is 0 Å². The van der Waals surface area contributed by atoms with Gasteiger partial charge in [-0.2, -0.15) is 5.26 Å². The molecule has 0 heterocycles. The molecule has 0 aliphatic rings. The van der Waals surface area contributed by atoms with Crippen LogP contribution in [-0.4, -0.2) is 11.2 Å². The van der Waals surface area contributed by atoms with Crippen LogP contribution in [0, 0.1) is 17.2 Å². The van der Waals surface area contributed by atoms with Gasteiger partial charge in [0.2, 0.25) is 0 Å². The number of nitrogens with zero attached hydrogens (tertiary/aromatic N) is 1.